The van der Waals surface area contributed by atoms with Crippen molar-refractivity contribution < 1.29 is 4.79 Å². The lowest BCUT2D eigenvalue weighted by molar-refractivity contribution is -0.123. The van der Waals surface area contributed by atoms with Gasteiger partial charge in [-0.15, -0.1) is 0 Å². The van der Waals surface area contributed by atoms with Crippen LogP contribution in [0, 0.1) is 0 Å². The molecule has 1 aliphatic rings. The molecule has 0 radical (unpaired) electrons. The standard InChI is InChI=1S/C12H25N3OS/c1-15(2)12(6-4-7-12)9-14-11(16)10(13)5-8-17-3/h10H,4-9,13H2,1-3H3,(H,14,16)/t10-/m1/s1. The summed E-state index contributed by atoms with van der Waals surface area (Å²) in [5.41, 5.74) is 6.00. The second kappa shape index (κ2) is 6.61. The van der Waals surface area contributed by atoms with Gasteiger partial charge >= 0.3 is 0 Å². The number of rotatable bonds is 7. The molecular formula is C12H25N3OS. The molecule has 0 saturated heterocycles. The van der Waals surface area contributed by atoms with Gasteiger partial charge in [0.05, 0.1) is 6.04 Å². The van der Waals surface area contributed by atoms with E-state index in [0.717, 1.165) is 18.7 Å². The number of nitrogens with zero attached hydrogens (tertiary/aromatic N) is 1. The second-order valence-electron chi connectivity index (χ2n) is 5.08. The highest BCUT2D eigenvalue weighted by Gasteiger charge is 2.39. The molecule has 0 heterocycles. The monoisotopic (exact) mass is 259 g/mol. The zero-order valence-electron chi connectivity index (χ0n) is 11.2. The Morgan fingerprint density at radius 3 is 2.59 bits per heavy atom. The first kappa shape index (κ1) is 14.8. The predicted octanol–water partition coefficient (Wildman–Crippen LogP) is 0.667. The van der Waals surface area contributed by atoms with Gasteiger partial charge in [-0.2, -0.15) is 11.8 Å². The van der Waals surface area contributed by atoms with Crippen molar-refractivity contribution >= 4 is 17.7 Å². The number of nitrogens with two attached hydrogens (primary N) is 1. The van der Waals surface area contributed by atoms with Gasteiger partial charge in [0.2, 0.25) is 5.91 Å². The fourth-order valence-corrected chi connectivity index (χ4v) is 2.62. The molecule has 3 N–H and O–H groups in total. The Morgan fingerprint density at radius 1 is 1.53 bits per heavy atom. The largest absolute Gasteiger partial charge is 0.353 e. The van der Waals surface area contributed by atoms with E-state index in [1.165, 1.54) is 19.3 Å². The molecule has 5 heteroatoms. The van der Waals surface area contributed by atoms with E-state index in [1.54, 1.807) is 11.8 Å². The van der Waals surface area contributed by atoms with Crippen LogP contribution in [-0.4, -0.2) is 55.0 Å². The third-order valence-corrected chi connectivity index (χ3v) is 4.44. The van der Waals surface area contributed by atoms with Gasteiger partial charge in [-0.3, -0.25) is 4.79 Å². The van der Waals surface area contributed by atoms with Gasteiger partial charge in [0, 0.05) is 12.1 Å². The fraction of sp³-hybridized carbons (Fsp3) is 0.917. The Hall–Kier alpha value is -0.260. The topological polar surface area (TPSA) is 58.4 Å². The highest BCUT2D eigenvalue weighted by atomic mass is 32.2. The van der Waals surface area contributed by atoms with E-state index in [4.69, 9.17) is 5.73 Å². The van der Waals surface area contributed by atoms with E-state index >= 15 is 0 Å². The van der Waals surface area contributed by atoms with Crippen LogP contribution in [-0.2, 0) is 4.79 Å². The molecule has 4 nitrogen and oxygen atoms in total. The Kier molecular flexibility index (Phi) is 5.76. The summed E-state index contributed by atoms with van der Waals surface area (Å²) < 4.78 is 0. The van der Waals surface area contributed by atoms with Crippen LogP contribution in [0.1, 0.15) is 25.7 Å². The number of likely N-dealkylation sites (N-methyl/N-ethyl adjacent to an activating group) is 1. The van der Waals surface area contributed by atoms with Gasteiger partial charge in [0.15, 0.2) is 0 Å². The Balaban J connectivity index is 2.31. The number of carbonyl (C=O) groups excluding carboxylic acids is 1. The van der Waals surface area contributed by atoms with Crippen LogP contribution in [0.15, 0.2) is 0 Å². The molecule has 100 valence electrons. The van der Waals surface area contributed by atoms with Crippen LogP contribution >= 0.6 is 11.8 Å². The van der Waals surface area contributed by atoms with E-state index in [2.05, 4.69) is 24.3 Å². The maximum atomic E-state index is 11.8. The summed E-state index contributed by atoms with van der Waals surface area (Å²) in [6, 6.07) is -0.360. The number of hydrogen-bond acceptors (Lipinski definition) is 4. The second-order valence-corrected chi connectivity index (χ2v) is 6.06. The van der Waals surface area contributed by atoms with Crippen molar-refractivity contribution in [3.8, 4) is 0 Å². The zero-order chi connectivity index (χ0) is 12.9. The molecular weight excluding hydrogens is 234 g/mol. The minimum absolute atomic E-state index is 0.00725. The smallest absolute Gasteiger partial charge is 0.237 e. The fourth-order valence-electron chi connectivity index (χ4n) is 2.13. The summed E-state index contributed by atoms with van der Waals surface area (Å²) >= 11 is 1.72. The van der Waals surface area contributed by atoms with Crippen LogP contribution in [0.3, 0.4) is 0 Å². The van der Waals surface area contributed by atoms with Crippen molar-refractivity contribution in [2.24, 2.45) is 5.73 Å². The molecule has 17 heavy (non-hydrogen) atoms. The molecule has 0 bridgehead atoms. The van der Waals surface area contributed by atoms with Crippen molar-refractivity contribution in [2.45, 2.75) is 37.3 Å². The molecule has 0 aromatic heterocycles. The lowest BCUT2D eigenvalue weighted by Gasteiger charge is -2.47. The molecule has 1 atom stereocenters. The molecule has 1 amide bonds. The summed E-state index contributed by atoms with van der Waals surface area (Å²) in [4.78, 5) is 14.0. The van der Waals surface area contributed by atoms with Crippen LogP contribution in [0.25, 0.3) is 0 Å². The van der Waals surface area contributed by atoms with Gasteiger partial charge in [-0.05, 0) is 51.8 Å². The van der Waals surface area contributed by atoms with E-state index < -0.39 is 0 Å². The number of hydrogen-bond donors (Lipinski definition) is 2. The number of nitrogens with one attached hydrogen (secondary N) is 1. The highest BCUT2D eigenvalue weighted by Crippen LogP contribution is 2.35. The molecule has 1 aliphatic carbocycles. The van der Waals surface area contributed by atoms with E-state index in [9.17, 15) is 4.79 Å². The minimum Gasteiger partial charge on any atom is -0.353 e. The molecule has 0 spiro atoms. The van der Waals surface area contributed by atoms with Gasteiger partial charge in [0.1, 0.15) is 0 Å². The molecule has 1 rings (SSSR count). The Labute approximate surface area is 109 Å². The third kappa shape index (κ3) is 3.86. The summed E-state index contributed by atoms with van der Waals surface area (Å²) in [6.07, 6.45) is 6.37. The summed E-state index contributed by atoms with van der Waals surface area (Å²) in [6.45, 7) is 0.728. The van der Waals surface area contributed by atoms with Crippen molar-refractivity contribution in [1.82, 2.24) is 10.2 Å². The van der Waals surface area contributed by atoms with Crippen molar-refractivity contribution in [1.29, 1.82) is 0 Å². The molecule has 1 saturated carbocycles. The maximum Gasteiger partial charge on any atom is 0.237 e. The molecule has 0 unspecified atom stereocenters. The van der Waals surface area contributed by atoms with E-state index in [0.29, 0.717) is 0 Å². The lowest BCUT2D eigenvalue weighted by atomic mass is 9.75. The first-order valence-corrected chi connectivity index (χ1v) is 7.61. The van der Waals surface area contributed by atoms with Crippen LogP contribution in [0.5, 0.6) is 0 Å². The Bertz CT molecular complexity index is 254. The first-order chi connectivity index (χ1) is 8.02. The molecule has 1 fully saturated rings. The summed E-state index contributed by atoms with van der Waals surface area (Å²) in [7, 11) is 4.16. The molecule has 0 aromatic rings. The quantitative estimate of drug-likeness (QED) is 0.705. The highest BCUT2D eigenvalue weighted by molar-refractivity contribution is 7.98. The third-order valence-electron chi connectivity index (χ3n) is 3.79. The van der Waals surface area contributed by atoms with Crippen LogP contribution in [0.2, 0.25) is 0 Å². The SMILES string of the molecule is CSCC[C@@H](N)C(=O)NCC1(N(C)C)CCC1. The number of thioether (sulfide) groups is 1. The van der Waals surface area contributed by atoms with E-state index in [1.807, 2.05) is 6.26 Å². The van der Waals surface area contributed by atoms with Crippen LogP contribution in [0.4, 0.5) is 0 Å². The molecule has 0 aliphatic heterocycles. The number of amides is 1. The average molecular weight is 259 g/mol. The van der Waals surface area contributed by atoms with Gasteiger partial charge in [-0.1, -0.05) is 0 Å². The van der Waals surface area contributed by atoms with Crippen molar-refractivity contribution in [3.63, 3.8) is 0 Å². The average Bonchev–Trinajstić information content (AvgIpc) is 2.23. The van der Waals surface area contributed by atoms with Crippen LogP contribution < -0.4 is 11.1 Å². The first-order valence-electron chi connectivity index (χ1n) is 6.21. The predicted molar refractivity (Wildman–Crippen MR) is 74.3 cm³/mol. The normalized spacial score (nSPS) is 19.8. The van der Waals surface area contributed by atoms with Crippen molar-refractivity contribution in [2.75, 3.05) is 32.6 Å². The lowest BCUT2D eigenvalue weighted by Crippen LogP contribution is -2.58. The zero-order valence-corrected chi connectivity index (χ0v) is 12.0. The Morgan fingerprint density at radius 2 is 2.18 bits per heavy atom. The minimum atomic E-state index is -0.360. The van der Waals surface area contributed by atoms with E-state index in [-0.39, 0.29) is 17.5 Å². The van der Waals surface area contributed by atoms with Gasteiger partial charge < -0.3 is 16.0 Å². The van der Waals surface area contributed by atoms with Gasteiger partial charge in [0.25, 0.3) is 0 Å². The molecule has 0 aromatic carbocycles. The van der Waals surface area contributed by atoms with Crippen molar-refractivity contribution in [3.05, 3.63) is 0 Å². The summed E-state index contributed by atoms with van der Waals surface area (Å²) in [5, 5.41) is 3.00. The number of carbonyl (C=O) groups is 1. The maximum absolute atomic E-state index is 11.8. The van der Waals surface area contributed by atoms with Gasteiger partial charge in [-0.25, -0.2) is 0 Å². The summed E-state index contributed by atoms with van der Waals surface area (Å²) in [5.74, 6) is 0.931.